The summed E-state index contributed by atoms with van der Waals surface area (Å²) in [6.45, 7) is 10.3. The summed E-state index contributed by atoms with van der Waals surface area (Å²) >= 11 is 0. The van der Waals surface area contributed by atoms with E-state index in [9.17, 15) is 9.59 Å². The molecule has 1 aromatic rings. The van der Waals surface area contributed by atoms with Gasteiger partial charge in [-0.1, -0.05) is 38.1 Å². The fourth-order valence-corrected chi connectivity index (χ4v) is 5.02. The summed E-state index contributed by atoms with van der Waals surface area (Å²) in [7, 11) is 0. The smallest absolute Gasteiger partial charge is 0.410 e. The second kappa shape index (κ2) is 8.34. The molecule has 158 valence electrons. The van der Waals surface area contributed by atoms with Crippen LogP contribution < -0.4 is 0 Å². The van der Waals surface area contributed by atoms with E-state index >= 15 is 0 Å². The Labute approximate surface area is 173 Å². The van der Waals surface area contributed by atoms with Gasteiger partial charge in [0.05, 0.1) is 6.54 Å². The number of carbonyl (C=O) groups is 2. The van der Waals surface area contributed by atoms with E-state index in [1.54, 1.807) is 0 Å². The molecule has 1 spiro atoms. The summed E-state index contributed by atoms with van der Waals surface area (Å²) in [6.07, 6.45) is 3.07. The lowest BCUT2D eigenvalue weighted by molar-refractivity contribution is -0.131. The van der Waals surface area contributed by atoms with E-state index in [1.165, 1.54) is 28.9 Å². The van der Waals surface area contributed by atoms with Gasteiger partial charge in [0.2, 0.25) is 5.91 Å². The maximum absolute atomic E-state index is 12.7. The van der Waals surface area contributed by atoms with Gasteiger partial charge < -0.3 is 9.64 Å². The molecular formula is C23H33N3O3. The second-order valence-electron chi connectivity index (χ2n) is 9.31. The molecule has 29 heavy (non-hydrogen) atoms. The topological polar surface area (TPSA) is 53.1 Å². The first kappa shape index (κ1) is 20.2. The van der Waals surface area contributed by atoms with Gasteiger partial charge in [0.25, 0.3) is 0 Å². The molecule has 0 radical (unpaired) electrons. The van der Waals surface area contributed by atoms with Gasteiger partial charge in [0.1, 0.15) is 13.2 Å². The lowest BCUT2D eigenvalue weighted by Gasteiger charge is -2.40. The minimum absolute atomic E-state index is 0.0575. The molecule has 3 aliphatic rings. The maximum Gasteiger partial charge on any atom is 0.410 e. The molecule has 3 aliphatic heterocycles. The Bertz CT molecular complexity index is 748. The van der Waals surface area contributed by atoms with Gasteiger partial charge in [-0.3, -0.25) is 14.6 Å². The molecule has 0 aliphatic carbocycles. The summed E-state index contributed by atoms with van der Waals surface area (Å²) in [5.41, 5.74) is 2.96. The first-order valence-corrected chi connectivity index (χ1v) is 10.9. The number of ether oxygens (including phenoxy) is 1. The third-order valence-electron chi connectivity index (χ3n) is 6.76. The summed E-state index contributed by atoms with van der Waals surface area (Å²) in [5, 5.41) is 0. The van der Waals surface area contributed by atoms with E-state index in [2.05, 4.69) is 43.0 Å². The Morgan fingerprint density at radius 1 is 1.10 bits per heavy atom. The molecule has 3 heterocycles. The van der Waals surface area contributed by atoms with E-state index in [1.807, 2.05) is 4.90 Å². The van der Waals surface area contributed by atoms with Crippen molar-refractivity contribution in [3.8, 4) is 0 Å². The van der Waals surface area contributed by atoms with Crippen LogP contribution in [-0.2, 0) is 16.1 Å². The number of cyclic esters (lactones) is 1. The fourth-order valence-electron chi connectivity index (χ4n) is 5.02. The minimum atomic E-state index is -0.361. The van der Waals surface area contributed by atoms with Crippen molar-refractivity contribution < 1.29 is 14.3 Å². The molecule has 3 fully saturated rings. The standard InChI is InChI=1S/C23H33N3O3/c1-18(2)20-6-4-19(5-7-20)14-24-10-3-8-23(16-24)9-11-26(17-23)21(27)15-25-12-13-29-22(25)28/h4-7,18H,3,8-17H2,1-2H3. The van der Waals surface area contributed by atoms with Crippen LogP contribution in [-0.4, -0.2) is 72.6 Å². The Balaban J connectivity index is 1.33. The Morgan fingerprint density at radius 2 is 1.90 bits per heavy atom. The predicted molar refractivity (Wildman–Crippen MR) is 112 cm³/mol. The predicted octanol–water partition coefficient (Wildman–Crippen LogP) is 3.08. The lowest BCUT2D eigenvalue weighted by atomic mass is 9.79. The highest BCUT2D eigenvalue weighted by Gasteiger charge is 2.43. The van der Waals surface area contributed by atoms with Crippen molar-refractivity contribution in [2.45, 2.75) is 45.6 Å². The van der Waals surface area contributed by atoms with Crippen LogP contribution in [0.25, 0.3) is 0 Å². The molecule has 0 saturated carbocycles. The zero-order valence-corrected chi connectivity index (χ0v) is 17.7. The third kappa shape index (κ3) is 4.58. The lowest BCUT2D eigenvalue weighted by Crippen LogP contribution is -2.46. The van der Waals surface area contributed by atoms with E-state index in [-0.39, 0.29) is 24.0 Å². The number of hydrogen-bond acceptors (Lipinski definition) is 4. The van der Waals surface area contributed by atoms with Gasteiger partial charge in [-0.25, -0.2) is 4.79 Å². The normalized spacial score (nSPS) is 25.3. The Hall–Kier alpha value is -2.08. The number of hydrogen-bond donors (Lipinski definition) is 0. The van der Waals surface area contributed by atoms with Crippen molar-refractivity contribution in [1.29, 1.82) is 0 Å². The van der Waals surface area contributed by atoms with Crippen LogP contribution in [0.2, 0.25) is 0 Å². The van der Waals surface area contributed by atoms with Crippen LogP contribution in [0.4, 0.5) is 4.79 Å². The molecule has 1 aromatic carbocycles. The maximum atomic E-state index is 12.7. The number of piperidine rings is 1. The molecule has 2 amide bonds. The largest absolute Gasteiger partial charge is 0.448 e. The van der Waals surface area contributed by atoms with Crippen molar-refractivity contribution >= 4 is 12.0 Å². The summed E-state index contributed by atoms with van der Waals surface area (Å²) in [6, 6.07) is 9.02. The van der Waals surface area contributed by atoms with Crippen molar-refractivity contribution in [1.82, 2.24) is 14.7 Å². The van der Waals surface area contributed by atoms with Gasteiger partial charge in [-0.15, -0.1) is 0 Å². The van der Waals surface area contributed by atoms with E-state index in [4.69, 9.17) is 4.74 Å². The molecule has 0 bridgehead atoms. The van der Waals surface area contributed by atoms with Crippen molar-refractivity contribution in [3.63, 3.8) is 0 Å². The van der Waals surface area contributed by atoms with Crippen molar-refractivity contribution in [3.05, 3.63) is 35.4 Å². The minimum Gasteiger partial charge on any atom is -0.448 e. The highest BCUT2D eigenvalue weighted by molar-refractivity contribution is 5.83. The molecule has 0 N–H and O–H groups in total. The van der Waals surface area contributed by atoms with Gasteiger partial charge in [0, 0.05) is 31.6 Å². The average Bonchev–Trinajstić information content (AvgIpc) is 3.29. The number of likely N-dealkylation sites (tertiary alicyclic amines) is 2. The van der Waals surface area contributed by atoms with Crippen LogP contribution in [0, 0.1) is 5.41 Å². The van der Waals surface area contributed by atoms with Gasteiger partial charge in [-0.2, -0.15) is 0 Å². The third-order valence-corrected chi connectivity index (χ3v) is 6.76. The highest BCUT2D eigenvalue weighted by atomic mass is 16.6. The summed E-state index contributed by atoms with van der Waals surface area (Å²) in [5.74, 6) is 0.619. The first-order chi connectivity index (χ1) is 13.9. The molecule has 1 atom stereocenters. The molecule has 1 unspecified atom stereocenters. The Morgan fingerprint density at radius 3 is 2.59 bits per heavy atom. The van der Waals surface area contributed by atoms with Crippen LogP contribution in [0.3, 0.4) is 0 Å². The highest BCUT2D eigenvalue weighted by Crippen LogP contribution is 2.39. The molecular weight excluding hydrogens is 366 g/mol. The number of rotatable bonds is 5. The van der Waals surface area contributed by atoms with Crippen LogP contribution in [0.5, 0.6) is 0 Å². The van der Waals surface area contributed by atoms with E-state index in [0.717, 1.165) is 39.1 Å². The zero-order valence-electron chi connectivity index (χ0n) is 17.7. The average molecular weight is 400 g/mol. The Kier molecular flexibility index (Phi) is 5.81. The van der Waals surface area contributed by atoms with Gasteiger partial charge in [0.15, 0.2) is 0 Å². The zero-order chi connectivity index (χ0) is 20.4. The summed E-state index contributed by atoms with van der Waals surface area (Å²) < 4.78 is 4.94. The summed E-state index contributed by atoms with van der Waals surface area (Å²) in [4.78, 5) is 30.4. The first-order valence-electron chi connectivity index (χ1n) is 10.9. The molecule has 4 rings (SSSR count). The quantitative estimate of drug-likeness (QED) is 0.764. The molecule has 3 saturated heterocycles. The van der Waals surface area contributed by atoms with Gasteiger partial charge >= 0.3 is 6.09 Å². The fraction of sp³-hybridized carbons (Fsp3) is 0.652. The van der Waals surface area contributed by atoms with Crippen molar-refractivity contribution in [2.75, 3.05) is 45.9 Å². The molecule has 0 aromatic heterocycles. The number of carbonyl (C=O) groups excluding carboxylic acids is 2. The van der Waals surface area contributed by atoms with Crippen LogP contribution in [0.1, 0.15) is 50.2 Å². The monoisotopic (exact) mass is 399 g/mol. The van der Waals surface area contributed by atoms with Gasteiger partial charge in [-0.05, 0) is 42.9 Å². The van der Waals surface area contributed by atoms with E-state index < -0.39 is 0 Å². The SMILES string of the molecule is CC(C)c1ccc(CN2CCCC3(CCN(C(=O)CN4CCOC4=O)C3)C2)cc1. The van der Waals surface area contributed by atoms with Crippen molar-refractivity contribution in [2.24, 2.45) is 5.41 Å². The van der Waals surface area contributed by atoms with E-state index in [0.29, 0.717) is 19.1 Å². The number of benzene rings is 1. The van der Waals surface area contributed by atoms with Crippen LogP contribution in [0.15, 0.2) is 24.3 Å². The number of nitrogens with zero attached hydrogens (tertiary/aromatic N) is 3. The second-order valence-corrected chi connectivity index (χ2v) is 9.31. The molecule has 6 heteroatoms. The van der Waals surface area contributed by atoms with Crippen LogP contribution >= 0.6 is 0 Å². The number of amides is 2. The molecule has 6 nitrogen and oxygen atoms in total.